The Kier molecular flexibility index (Phi) is 3.52. The van der Waals surface area contributed by atoms with Gasteiger partial charge in [0.1, 0.15) is 0 Å². The van der Waals surface area contributed by atoms with Crippen molar-refractivity contribution < 1.29 is 4.79 Å². The number of hydrogen-bond acceptors (Lipinski definition) is 1. The zero-order valence-electron chi connectivity index (χ0n) is 8.62. The fourth-order valence-electron chi connectivity index (χ4n) is 1.92. The van der Waals surface area contributed by atoms with Crippen molar-refractivity contribution in [2.75, 3.05) is 6.54 Å². The maximum Gasteiger partial charge on any atom is 0.223 e. The minimum absolute atomic E-state index is 0.297. The molecular weight excluding hydrogens is 162 g/mol. The number of carbonyl (C=O) groups is 1. The van der Waals surface area contributed by atoms with E-state index in [9.17, 15) is 4.79 Å². The van der Waals surface area contributed by atoms with Crippen LogP contribution in [0.3, 0.4) is 0 Å². The van der Waals surface area contributed by atoms with Crippen LogP contribution in [0.5, 0.6) is 0 Å². The number of likely N-dealkylation sites (tertiary alicyclic amines) is 1. The van der Waals surface area contributed by atoms with Crippen LogP contribution in [0.1, 0.15) is 33.1 Å². The van der Waals surface area contributed by atoms with E-state index >= 15 is 0 Å². The van der Waals surface area contributed by atoms with Crippen molar-refractivity contribution in [1.29, 1.82) is 0 Å². The van der Waals surface area contributed by atoms with Crippen LogP contribution < -0.4 is 0 Å². The molecule has 1 heterocycles. The Morgan fingerprint density at radius 1 is 1.77 bits per heavy atom. The minimum Gasteiger partial charge on any atom is -0.339 e. The summed E-state index contributed by atoms with van der Waals surface area (Å²) in [5.74, 6) is 0.678. The van der Waals surface area contributed by atoms with Crippen molar-refractivity contribution in [3.8, 4) is 0 Å². The average molecular weight is 181 g/mol. The van der Waals surface area contributed by atoms with Gasteiger partial charge in [-0.05, 0) is 13.3 Å². The van der Waals surface area contributed by atoms with Gasteiger partial charge in [0.05, 0.1) is 0 Å². The van der Waals surface area contributed by atoms with Gasteiger partial charge in [0.2, 0.25) is 5.91 Å². The van der Waals surface area contributed by atoms with Gasteiger partial charge >= 0.3 is 0 Å². The summed E-state index contributed by atoms with van der Waals surface area (Å²) in [6.07, 6.45) is 4.81. The molecule has 0 aromatic rings. The number of amides is 1. The van der Waals surface area contributed by atoms with Gasteiger partial charge in [-0.1, -0.05) is 19.4 Å². The van der Waals surface area contributed by atoms with E-state index in [1.54, 1.807) is 0 Å². The van der Waals surface area contributed by atoms with Gasteiger partial charge in [0.15, 0.2) is 0 Å². The Morgan fingerprint density at radius 2 is 2.46 bits per heavy atom. The average Bonchev–Trinajstić information content (AvgIpc) is 2.47. The predicted molar refractivity (Wildman–Crippen MR) is 54.4 cm³/mol. The molecule has 0 aliphatic carbocycles. The molecule has 2 heteroatoms. The third kappa shape index (κ3) is 2.33. The van der Waals surface area contributed by atoms with Crippen molar-refractivity contribution in [3.63, 3.8) is 0 Å². The molecule has 1 aliphatic rings. The highest BCUT2D eigenvalue weighted by atomic mass is 16.2. The summed E-state index contributed by atoms with van der Waals surface area (Å²) in [5.41, 5.74) is 0. The summed E-state index contributed by atoms with van der Waals surface area (Å²) in [6.45, 7) is 8.90. The first-order chi connectivity index (χ1) is 6.19. The Morgan fingerprint density at radius 3 is 2.92 bits per heavy atom. The summed E-state index contributed by atoms with van der Waals surface area (Å²) >= 11 is 0. The molecule has 1 aliphatic heterocycles. The van der Waals surface area contributed by atoms with E-state index in [0.29, 0.717) is 24.3 Å². The van der Waals surface area contributed by atoms with E-state index in [1.807, 2.05) is 11.0 Å². The van der Waals surface area contributed by atoms with E-state index in [0.717, 1.165) is 19.4 Å². The first kappa shape index (κ1) is 10.3. The second-order valence-corrected chi connectivity index (χ2v) is 3.88. The normalized spacial score (nSPS) is 24.9. The molecule has 1 saturated heterocycles. The summed E-state index contributed by atoms with van der Waals surface area (Å²) in [5, 5.41) is 0. The topological polar surface area (TPSA) is 20.3 Å². The van der Waals surface area contributed by atoms with Crippen molar-refractivity contribution in [2.45, 2.75) is 39.2 Å². The van der Waals surface area contributed by atoms with Crippen molar-refractivity contribution >= 4 is 5.91 Å². The molecular formula is C11H19NO. The molecule has 0 saturated carbocycles. The Hall–Kier alpha value is -0.790. The molecule has 0 aromatic heterocycles. The predicted octanol–water partition coefficient (Wildman–Crippen LogP) is 2.21. The maximum atomic E-state index is 11.5. The molecule has 0 aromatic carbocycles. The van der Waals surface area contributed by atoms with E-state index in [4.69, 9.17) is 0 Å². The largest absolute Gasteiger partial charge is 0.339 e. The fourth-order valence-corrected chi connectivity index (χ4v) is 1.92. The molecule has 2 atom stereocenters. The van der Waals surface area contributed by atoms with Gasteiger partial charge in [-0.3, -0.25) is 4.79 Å². The lowest BCUT2D eigenvalue weighted by Crippen LogP contribution is -2.34. The molecule has 0 bridgehead atoms. The number of hydrogen-bond donors (Lipinski definition) is 0. The van der Waals surface area contributed by atoms with Crippen molar-refractivity contribution in [1.82, 2.24) is 4.90 Å². The van der Waals surface area contributed by atoms with Gasteiger partial charge in [-0.25, -0.2) is 0 Å². The van der Waals surface area contributed by atoms with Gasteiger partial charge in [0, 0.05) is 24.9 Å². The van der Waals surface area contributed by atoms with Crippen LogP contribution in [0.15, 0.2) is 12.7 Å². The second kappa shape index (κ2) is 4.45. The number of rotatable bonds is 4. The third-order valence-corrected chi connectivity index (χ3v) is 2.76. The third-order valence-electron chi connectivity index (χ3n) is 2.76. The highest BCUT2D eigenvalue weighted by Crippen LogP contribution is 2.22. The van der Waals surface area contributed by atoms with E-state index < -0.39 is 0 Å². The lowest BCUT2D eigenvalue weighted by atomic mass is 10.1. The standard InChI is InChI=1S/C11H19NO/c1-4-6-9(3)12-8-10(5-2)7-11(12)13/h5,9-10H,2,4,6-8H2,1,3H3. The summed E-state index contributed by atoms with van der Waals surface area (Å²) in [7, 11) is 0. The molecule has 74 valence electrons. The number of nitrogens with zero attached hydrogens (tertiary/aromatic N) is 1. The first-order valence-corrected chi connectivity index (χ1v) is 5.11. The molecule has 1 rings (SSSR count). The summed E-state index contributed by atoms with van der Waals surface area (Å²) in [6, 6.07) is 0.405. The second-order valence-electron chi connectivity index (χ2n) is 3.88. The Labute approximate surface area is 80.6 Å². The van der Waals surface area contributed by atoms with Gasteiger partial charge in [-0.15, -0.1) is 6.58 Å². The van der Waals surface area contributed by atoms with Crippen molar-refractivity contribution in [2.24, 2.45) is 5.92 Å². The lowest BCUT2D eigenvalue weighted by molar-refractivity contribution is -0.129. The van der Waals surface area contributed by atoms with Crippen LogP contribution in [-0.4, -0.2) is 23.4 Å². The monoisotopic (exact) mass is 181 g/mol. The van der Waals surface area contributed by atoms with Gasteiger partial charge in [-0.2, -0.15) is 0 Å². The lowest BCUT2D eigenvalue weighted by Gasteiger charge is -2.24. The van der Waals surface area contributed by atoms with Crippen LogP contribution in [0.25, 0.3) is 0 Å². The van der Waals surface area contributed by atoms with Crippen LogP contribution >= 0.6 is 0 Å². The van der Waals surface area contributed by atoms with Crippen molar-refractivity contribution in [3.05, 3.63) is 12.7 Å². The molecule has 2 unspecified atom stereocenters. The highest BCUT2D eigenvalue weighted by Gasteiger charge is 2.30. The minimum atomic E-state index is 0.297. The van der Waals surface area contributed by atoms with Crippen LogP contribution in [0.2, 0.25) is 0 Å². The smallest absolute Gasteiger partial charge is 0.223 e. The first-order valence-electron chi connectivity index (χ1n) is 5.11. The zero-order valence-corrected chi connectivity index (χ0v) is 8.62. The quantitative estimate of drug-likeness (QED) is 0.609. The molecule has 13 heavy (non-hydrogen) atoms. The molecule has 2 nitrogen and oxygen atoms in total. The molecule has 0 N–H and O–H groups in total. The van der Waals surface area contributed by atoms with E-state index in [2.05, 4.69) is 20.4 Å². The van der Waals surface area contributed by atoms with Gasteiger partial charge < -0.3 is 4.90 Å². The number of carbonyl (C=O) groups excluding carboxylic acids is 1. The molecule has 1 fully saturated rings. The van der Waals surface area contributed by atoms with E-state index in [-0.39, 0.29) is 0 Å². The van der Waals surface area contributed by atoms with E-state index in [1.165, 1.54) is 0 Å². The molecule has 0 radical (unpaired) electrons. The maximum absolute atomic E-state index is 11.5. The zero-order chi connectivity index (χ0) is 9.84. The molecule has 0 spiro atoms. The fraction of sp³-hybridized carbons (Fsp3) is 0.727. The van der Waals surface area contributed by atoms with Gasteiger partial charge in [0.25, 0.3) is 0 Å². The van der Waals surface area contributed by atoms with Crippen LogP contribution in [0.4, 0.5) is 0 Å². The summed E-state index contributed by atoms with van der Waals surface area (Å²) in [4.78, 5) is 13.5. The van der Waals surface area contributed by atoms with Crippen LogP contribution in [0, 0.1) is 5.92 Å². The van der Waals surface area contributed by atoms with Crippen LogP contribution in [-0.2, 0) is 4.79 Å². The molecule has 1 amide bonds. The summed E-state index contributed by atoms with van der Waals surface area (Å²) < 4.78 is 0. The highest BCUT2D eigenvalue weighted by molar-refractivity contribution is 5.79. The Balaban J connectivity index is 2.51. The SMILES string of the molecule is C=CC1CC(=O)N(C(C)CCC)C1. The Bertz CT molecular complexity index is 200.